The molecule has 3 aromatic rings. The number of ether oxygens (including phenoxy) is 2. The smallest absolute Gasteiger partial charge is 0.337 e. The first kappa shape index (κ1) is 18.8. The van der Waals surface area contributed by atoms with Crippen molar-refractivity contribution in [3.63, 3.8) is 0 Å². The molecule has 0 aliphatic heterocycles. The molecule has 1 N–H and O–H groups in total. The zero-order valence-electron chi connectivity index (χ0n) is 15.0. The van der Waals surface area contributed by atoms with Gasteiger partial charge in [0.1, 0.15) is 17.1 Å². The van der Waals surface area contributed by atoms with Gasteiger partial charge in [0, 0.05) is 23.2 Å². The Morgan fingerprint density at radius 1 is 1.15 bits per heavy atom. The molecule has 0 aliphatic rings. The van der Waals surface area contributed by atoms with Gasteiger partial charge in [-0.25, -0.2) is 4.79 Å². The summed E-state index contributed by atoms with van der Waals surface area (Å²) in [6.45, 7) is 3.79. The van der Waals surface area contributed by atoms with Gasteiger partial charge in [-0.05, 0) is 44.2 Å². The van der Waals surface area contributed by atoms with Crippen molar-refractivity contribution in [2.24, 2.45) is 0 Å². The van der Waals surface area contributed by atoms with Gasteiger partial charge in [-0.15, -0.1) is 0 Å². The molecular weight excluding hydrogens is 370 g/mol. The van der Waals surface area contributed by atoms with Crippen molar-refractivity contribution in [2.75, 3.05) is 12.4 Å². The van der Waals surface area contributed by atoms with Gasteiger partial charge in [-0.2, -0.15) is 0 Å². The van der Waals surface area contributed by atoms with E-state index in [1.54, 1.807) is 36.4 Å². The van der Waals surface area contributed by atoms with Crippen molar-refractivity contribution in [3.8, 4) is 11.5 Å². The maximum absolute atomic E-state index is 12.7. The number of benzene rings is 2. The normalized spacial score (nSPS) is 10.9. The van der Waals surface area contributed by atoms with Crippen molar-refractivity contribution >= 4 is 34.2 Å². The lowest BCUT2D eigenvalue weighted by Gasteiger charge is -2.12. The summed E-state index contributed by atoms with van der Waals surface area (Å²) < 4.78 is 15.9. The standard InChI is InChI=1S/C20H18ClNO5/c1-11(2)26-13-5-6-14-15(10-19(23)27-18(14)9-13)20(24)22-12-4-7-17(25-3)16(21)8-12/h4-11H,1-3H3,(H,22,24). The summed E-state index contributed by atoms with van der Waals surface area (Å²) in [7, 11) is 1.51. The first-order valence-electron chi connectivity index (χ1n) is 8.27. The lowest BCUT2D eigenvalue weighted by Crippen LogP contribution is -2.15. The van der Waals surface area contributed by atoms with Crippen LogP contribution in [0.4, 0.5) is 5.69 Å². The highest BCUT2D eigenvalue weighted by atomic mass is 35.5. The van der Waals surface area contributed by atoms with E-state index in [2.05, 4.69) is 5.32 Å². The van der Waals surface area contributed by atoms with Crippen LogP contribution >= 0.6 is 11.6 Å². The lowest BCUT2D eigenvalue weighted by atomic mass is 10.1. The Bertz CT molecular complexity index is 1060. The van der Waals surface area contributed by atoms with Gasteiger partial charge >= 0.3 is 5.63 Å². The first-order chi connectivity index (χ1) is 12.9. The molecular formula is C20H18ClNO5. The molecule has 0 aliphatic carbocycles. The molecule has 1 aromatic heterocycles. The number of nitrogens with one attached hydrogen (secondary N) is 1. The highest BCUT2D eigenvalue weighted by molar-refractivity contribution is 6.32. The molecule has 0 bridgehead atoms. The summed E-state index contributed by atoms with van der Waals surface area (Å²) >= 11 is 6.08. The second-order valence-corrected chi connectivity index (χ2v) is 6.51. The van der Waals surface area contributed by atoms with Crippen molar-refractivity contribution in [3.05, 3.63) is 63.5 Å². The molecule has 0 radical (unpaired) electrons. The summed E-state index contributed by atoms with van der Waals surface area (Å²) in [6, 6.07) is 11.0. The number of methoxy groups -OCH3 is 1. The molecule has 7 heteroatoms. The predicted octanol–water partition coefficient (Wildman–Crippen LogP) is 4.49. The number of carbonyl (C=O) groups excluding carboxylic acids is 1. The van der Waals surface area contributed by atoms with Crippen LogP contribution in [-0.2, 0) is 0 Å². The number of anilines is 1. The monoisotopic (exact) mass is 387 g/mol. The average Bonchev–Trinajstić information content (AvgIpc) is 2.60. The van der Waals surface area contributed by atoms with E-state index in [1.807, 2.05) is 13.8 Å². The van der Waals surface area contributed by atoms with Gasteiger partial charge in [-0.1, -0.05) is 11.6 Å². The Kier molecular flexibility index (Phi) is 5.37. The van der Waals surface area contributed by atoms with Crippen LogP contribution in [0.2, 0.25) is 5.02 Å². The van der Waals surface area contributed by atoms with Gasteiger partial charge < -0.3 is 19.2 Å². The molecule has 0 spiro atoms. The molecule has 1 heterocycles. The quantitative estimate of drug-likeness (QED) is 0.652. The SMILES string of the molecule is COc1ccc(NC(=O)c2cc(=O)oc3cc(OC(C)C)ccc23)cc1Cl. The van der Waals surface area contributed by atoms with Crippen LogP contribution in [0.3, 0.4) is 0 Å². The van der Waals surface area contributed by atoms with E-state index in [0.717, 1.165) is 6.07 Å². The van der Waals surface area contributed by atoms with Gasteiger partial charge in [0.2, 0.25) is 0 Å². The van der Waals surface area contributed by atoms with E-state index in [-0.39, 0.29) is 17.3 Å². The minimum Gasteiger partial charge on any atom is -0.495 e. The highest BCUT2D eigenvalue weighted by Gasteiger charge is 2.15. The van der Waals surface area contributed by atoms with E-state index < -0.39 is 11.5 Å². The largest absolute Gasteiger partial charge is 0.495 e. The Morgan fingerprint density at radius 2 is 1.93 bits per heavy atom. The fourth-order valence-electron chi connectivity index (χ4n) is 2.62. The van der Waals surface area contributed by atoms with Crippen LogP contribution in [0.25, 0.3) is 11.0 Å². The fraction of sp³-hybridized carbons (Fsp3) is 0.200. The van der Waals surface area contributed by atoms with Crippen LogP contribution in [0.15, 0.2) is 51.7 Å². The maximum Gasteiger partial charge on any atom is 0.337 e. The number of amides is 1. The third-order valence-electron chi connectivity index (χ3n) is 3.74. The lowest BCUT2D eigenvalue weighted by molar-refractivity contribution is 0.102. The molecule has 0 saturated heterocycles. The number of hydrogen-bond acceptors (Lipinski definition) is 5. The zero-order valence-corrected chi connectivity index (χ0v) is 15.8. The number of hydrogen-bond donors (Lipinski definition) is 1. The van der Waals surface area contributed by atoms with E-state index in [4.69, 9.17) is 25.5 Å². The number of rotatable bonds is 5. The van der Waals surface area contributed by atoms with Gasteiger partial charge in [-0.3, -0.25) is 4.79 Å². The molecule has 0 unspecified atom stereocenters. The van der Waals surface area contributed by atoms with E-state index in [0.29, 0.717) is 27.6 Å². The Morgan fingerprint density at radius 3 is 2.59 bits per heavy atom. The fourth-order valence-corrected chi connectivity index (χ4v) is 2.88. The third-order valence-corrected chi connectivity index (χ3v) is 4.04. The second-order valence-electron chi connectivity index (χ2n) is 6.11. The van der Waals surface area contributed by atoms with Gasteiger partial charge in [0.15, 0.2) is 0 Å². The Balaban J connectivity index is 1.96. The van der Waals surface area contributed by atoms with Gasteiger partial charge in [0.05, 0.1) is 23.8 Å². The summed E-state index contributed by atoms with van der Waals surface area (Å²) in [6.07, 6.45) is -0.0273. The van der Waals surface area contributed by atoms with Crippen molar-refractivity contribution in [2.45, 2.75) is 20.0 Å². The third kappa shape index (κ3) is 4.23. The van der Waals surface area contributed by atoms with Crippen LogP contribution in [0.1, 0.15) is 24.2 Å². The predicted molar refractivity (Wildman–Crippen MR) is 104 cm³/mol. The van der Waals surface area contributed by atoms with Crippen LogP contribution < -0.4 is 20.4 Å². The number of carbonyl (C=O) groups is 1. The minimum absolute atomic E-state index is 0.0273. The molecule has 1 amide bonds. The topological polar surface area (TPSA) is 77.8 Å². The second kappa shape index (κ2) is 7.72. The molecule has 0 atom stereocenters. The van der Waals surface area contributed by atoms with E-state index in [1.165, 1.54) is 7.11 Å². The summed E-state index contributed by atoms with van der Waals surface area (Å²) in [5.41, 5.74) is 0.330. The first-order valence-corrected chi connectivity index (χ1v) is 8.64. The number of fused-ring (bicyclic) bond motifs is 1. The molecule has 0 fully saturated rings. The summed E-state index contributed by atoms with van der Waals surface area (Å²) in [5.74, 6) is 0.602. The van der Waals surface area contributed by atoms with Crippen molar-refractivity contribution in [1.82, 2.24) is 0 Å². The van der Waals surface area contributed by atoms with Crippen LogP contribution in [-0.4, -0.2) is 19.1 Å². The van der Waals surface area contributed by atoms with Crippen molar-refractivity contribution in [1.29, 1.82) is 0 Å². The van der Waals surface area contributed by atoms with Gasteiger partial charge in [0.25, 0.3) is 5.91 Å². The highest BCUT2D eigenvalue weighted by Crippen LogP contribution is 2.28. The summed E-state index contributed by atoms with van der Waals surface area (Å²) in [4.78, 5) is 24.6. The van der Waals surface area contributed by atoms with Crippen molar-refractivity contribution < 1.29 is 18.7 Å². The molecule has 0 saturated carbocycles. The van der Waals surface area contributed by atoms with E-state index >= 15 is 0 Å². The molecule has 3 rings (SSSR count). The van der Waals surface area contributed by atoms with Crippen LogP contribution in [0.5, 0.6) is 11.5 Å². The Labute approximate surface area is 160 Å². The zero-order chi connectivity index (χ0) is 19.6. The van der Waals surface area contributed by atoms with Crippen LogP contribution in [0, 0.1) is 0 Å². The molecule has 27 heavy (non-hydrogen) atoms. The van der Waals surface area contributed by atoms with E-state index in [9.17, 15) is 9.59 Å². The molecule has 6 nitrogen and oxygen atoms in total. The average molecular weight is 388 g/mol. The molecule has 140 valence electrons. The molecule has 2 aromatic carbocycles. The summed E-state index contributed by atoms with van der Waals surface area (Å²) in [5, 5.41) is 3.59. The Hall–Kier alpha value is -2.99. The minimum atomic E-state index is -0.623. The maximum atomic E-state index is 12.7. The number of halogens is 1.